The minimum atomic E-state index is -0.410. The van der Waals surface area contributed by atoms with E-state index >= 15 is 0 Å². The molecule has 0 aromatic heterocycles. The van der Waals surface area contributed by atoms with E-state index in [1.165, 1.54) is 7.11 Å². The zero-order valence-electron chi connectivity index (χ0n) is 12.8. The molecule has 1 amide bonds. The fraction of sp³-hybridized carbons (Fsp3) is 0.118. The average Bonchev–Trinajstić information content (AvgIpc) is 2.54. The number of carbonyl (C=O) groups excluding carboxylic acids is 2. The molecule has 0 aliphatic carbocycles. The molecule has 0 saturated carbocycles. The molecule has 0 aliphatic heterocycles. The van der Waals surface area contributed by atoms with Crippen LogP contribution in [0.3, 0.4) is 0 Å². The summed E-state index contributed by atoms with van der Waals surface area (Å²) in [4.78, 5) is 23.4. The molecule has 2 rings (SSSR count). The number of hydrogen-bond acceptors (Lipinski definition) is 4. The number of rotatable bonds is 3. The average molecular weight is 328 g/mol. The number of anilines is 1. The van der Waals surface area contributed by atoms with Crippen LogP contribution in [0.5, 0.6) is 0 Å². The fourth-order valence-corrected chi connectivity index (χ4v) is 2.14. The molecule has 2 aromatic rings. The highest BCUT2D eigenvalue weighted by atomic mass is 32.1. The van der Waals surface area contributed by atoms with Gasteiger partial charge < -0.3 is 10.1 Å². The van der Waals surface area contributed by atoms with Gasteiger partial charge in [0.1, 0.15) is 0 Å². The number of benzene rings is 2. The zero-order chi connectivity index (χ0) is 16.8. The zero-order valence-corrected chi connectivity index (χ0v) is 13.6. The second kappa shape index (κ2) is 7.51. The van der Waals surface area contributed by atoms with Gasteiger partial charge in [0.05, 0.1) is 12.7 Å². The van der Waals surface area contributed by atoms with E-state index in [2.05, 4.69) is 15.4 Å². The Hall–Kier alpha value is -2.73. The van der Waals surface area contributed by atoms with Crippen LogP contribution in [-0.4, -0.2) is 24.1 Å². The van der Waals surface area contributed by atoms with Gasteiger partial charge in [-0.05, 0) is 55.5 Å². The second-order valence-electron chi connectivity index (χ2n) is 4.85. The molecule has 0 saturated heterocycles. The van der Waals surface area contributed by atoms with Gasteiger partial charge in [-0.1, -0.05) is 17.7 Å². The molecule has 0 unspecified atom stereocenters. The third kappa shape index (κ3) is 4.62. The molecule has 118 valence electrons. The minimum absolute atomic E-state index is 0.183. The first-order chi connectivity index (χ1) is 11.0. The number of aryl methyl sites for hydroxylation is 1. The standard InChI is InChI=1S/C17H16N2O3S/c1-11-4-3-5-13(10-11)15(20)19-17(23)18-14-8-6-12(7-9-14)16(21)22-2/h3-10H,1-2H3,(H2,18,19,20,23). The maximum Gasteiger partial charge on any atom is 0.337 e. The van der Waals surface area contributed by atoms with E-state index in [-0.39, 0.29) is 11.0 Å². The van der Waals surface area contributed by atoms with Crippen LogP contribution >= 0.6 is 12.2 Å². The second-order valence-corrected chi connectivity index (χ2v) is 5.25. The molecule has 23 heavy (non-hydrogen) atoms. The van der Waals surface area contributed by atoms with Crippen LogP contribution < -0.4 is 10.6 Å². The van der Waals surface area contributed by atoms with Crippen molar-refractivity contribution in [2.45, 2.75) is 6.92 Å². The van der Waals surface area contributed by atoms with Crippen molar-refractivity contribution < 1.29 is 14.3 Å². The van der Waals surface area contributed by atoms with Gasteiger partial charge in [0.2, 0.25) is 0 Å². The lowest BCUT2D eigenvalue weighted by atomic mass is 10.1. The molecule has 0 heterocycles. The number of thiocarbonyl (C=S) groups is 1. The van der Waals surface area contributed by atoms with Crippen molar-refractivity contribution in [3.63, 3.8) is 0 Å². The third-order valence-electron chi connectivity index (χ3n) is 3.07. The van der Waals surface area contributed by atoms with E-state index in [0.717, 1.165) is 5.56 Å². The maximum atomic E-state index is 12.1. The first-order valence-corrected chi connectivity index (χ1v) is 7.28. The highest BCUT2D eigenvalue weighted by molar-refractivity contribution is 7.80. The van der Waals surface area contributed by atoms with Gasteiger partial charge in [0.15, 0.2) is 5.11 Å². The molecular weight excluding hydrogens is 312 g/mol. The van der Waals surface area contributed by atoms with Crippen molar-refractivity contribution in [2.75, 3.05) is 12.4 Å². The third-order valence-corrected chi connectivity index (χ3v) is 3.28. The predicted octanol–water partition coefficient (Wildman–Crippen LogP) is 2.91. The van der Waals surface area contributed by atoms with Crippen molar-refractivity contribution in [1.29, 1.82) is 0 Å². The summed E-state index contributed by atoms with van der Waals surface area (Å²) in [7, 11) is 1.32. The van der Waals surface area contributed by atoms with E-state index in [4.69, 9.17) is 12.2 Å². The van der Waals surface area contributed by atoms with Crippen LogP contribution in [0, 0.1) is 6.92 Å². The number of esters is 1. The number of ether oxygens (including phenoxy) is 1. The van der Waals surface area contributed by atoms with Gasteiger partial charge in [-0.2, -0.15) is 0 Å². The first-order valence-electron chi connectivity index (χ1n) is 6.87. The van der Waals surface area contributed by atoms with E-state index in [0.29, 0.717) is 16.8 Å². The van der Waals surface area contributed by atoms with Crippen LogP contribution in [0.25, 0.3) is 0 Å². The lowest BCUT2D eigenvalue weighted by Gasteiger charge is -2.10. The fourth-order valence-electron chi connectivity index (χ4n) is 1.93. The van der Waals surface area contributed by atoms with Gasteiger partial charge >= 0.3 is 5.97 Å². The number of carbonyl (C=O) groups is 2. The summed E-state index contributed by atoms with van der Waals surface area (Å²) in [6.07, 6.45) is 0. The van der Waals surface area contributed by atoms with Gasteiger partial charge in [0.25, 0.3) is 5.91 Å². The molecule has 6 heteroatoms. The number of nitrogens with one attached hydrogen (secondary N) is 2. The van der Waals surface area contributed by atoms with Crippen molar-refractivity contribution in [2.24, 2.45) is 0 Å². The Morgan fingerprint density at radius 3 is 2.35 bits per heavy atom. The topological polar surface area (TPSA) is 67.4 Å². The number of methoxy groups -OCH3 is 1. The molecule has 2 N–H and O–H groups in total. The molecule has 5 nitrogen and oxygen atoms in total. The van der Waals surface area contributed by atoms with E-state index in [1.54, 1.807) is 36.4 Å². The Balaban J connectivity index is 1.97. The van der Waals surface area contributed by atoms with Gasteiger partial charge in [-0.3, -0.25) is 10.1 Å². The van der Waals surface area contributed by atoms with E-state index in [9.17, 15) is 9.59 Å². The SMILES string of the molecule is COC(=O)c1ccc(NC(=S)NC(=O)c2cccc(C)c2)cc1. The molecule has 0 radical (unpaired) electrons. The maximum absolute atomic E-state index is 12.1. The molecule has 0 atom stereocenters. The summed E-state index contributed by atoms with van der Waals surface area (Å²) in [5, 5.41) is 5.68. The van der Waals surface area contributed by atoms with Crippen LogP contribution in [0.4, 0.5) is 5.69 Å². The molecular formula is C17H16N2O3S. The van der Waals surface area contributed by atoms with Crippen molar-refractivity contribution in [3.8, 4) is 0 Å². The van der Waals surface area contributed by atoms with Crippen LogP contribution in [0.15, 0.2) is 48.5 Å². The lowest BCUT2D eigenvalue weighted by molar-refractivity contribution is 0.0600. The van der Waals surface area contributed by atoms with Crippen LogP contribution in [-0.2, 0) is 4.74 Å². The van der Waals surface area contributed by atoms with Gasteiger partial charge in [-0.25, -0.2) is 4.79 Å². The Labute approximate surface area is 139 Å². The summed E-state index contributed by atoms with van der Waals surface area (Å²) >= 11 is 5.12. The molecule has 0 spiro atoms. The van der Waals surface area contributed by atoms with Gasteiger partial charge in [0, 0.05) is 11.3 Å². The number of hydrogen-bond donors (Lipinski definition) is 2. The van der Waals surface area contributed by atoms with Crippen LogP contribution in [0.1, 0.15) is 26.3 Å². The molecule has 0 bridgehead atoms. The Kier molecular flexibility index (Phi) is 5.43. The minimum Gasteiger partial charge on any atom is -0.465 e. The summed E-state index contributed by atoms with van der Waals surface area (Å²) in [6, 6.07) is 13.8. The van der Waals surface area contributed by atoms with Crippen molar-refractivity contribution in [1.82, 2.24) is 5.32 Å². The normalized spacial score (nSPS) is 9.83. The first kappa shape index (κ1) is 16.6. The van der Waals surface area contributed by atoms with E-state index in [1.807, 2.05) is 19.1 Å². The monoisotopic (exact) mass is 328 g/mol. The summed E-state index contributed by atoms with van der Waals surface area (Å²) in [5.41, 5.74) is 2.63. The smallest absolute Gasteiger partial charge is 0.337 e. The number of amides is 1. The van der Waals surface area contributed by atoms with Gasteiger partial charge in [-0.15, -0.1) is 0 Å². The Morgan fingerprint density at radius 1 is 1.04 bits per heavy atom. The highest BCUT2D eigenvalue weighted by Gasteiger charge is 2.09. The lowest BCUT2D eigenvalue weighted by Crippen LogP contribution is -2.34. The Bertz CT molecular complexity index is 742. The molecule has 2 aromatic carbocycles. The predicted molar refractivity (Wildman–Crippen MR) is 92.6 cm³/mol. The van der Waals surface area contributed by atoms with Crippen molar-refractivity contribution in [3.05, 3.63) is 65.2 Å². The summed E-state index contributed by atoms with van der Waals surface area (Å²) in [6.45, 7) is 1.91. The summed E-state index contributed by atoms with van der Waals surface area (Å²) in [5.74, 6) is -0.691. The van der Waals surface area contributed by atoms with Crippen molar-refractivity contribution >= 4 is 34.9 Å². The van der Waals surface area contributed by atoms with Crippen LogP contribution in [0.2, 0.25) is 0 Å². The van der Waals surface area contributed by atoms with E-state index < -0.39 is 5.97 Å². The molecule has 0 fully saturated rings. The quantitative estimate of drug-likeness (QED) is 0.670. The summed E-state index contributed by atoms with van der Waals surface area (Å²) < 4.78 is 4.63. The molecule has 0 aliphatic rings. The largest absolute Gasteiger partial charge is 0.465 e. The highest BCUT2D eigenvalue weighted by Crippen LogP contribution is 2.10. The Morgan fingerprint density at radius 2 is 1.74 bits per heavy atom.